The molecule has 0 N–H and O–H groups in total. The molecule has 320 valence electrons. The van der Waals surface area contributed by atoms with Crippen molar-refractivity contribution < 1.29 is 4.42 Å². The van der Waals surface area contributed by atoms with E-state index in [0.29, 0.717) is 0 Å². The second kappa shape index (κ2) is 13.2. The SMILES string of the molecule is Cc1cccc(C)c1-c1ccc2c3c1nc(-c1cccc4ccccc14)n3-c1cccc3c1B2c1cc2c4cc(C(C)(C)C)cc(C(C)(C)C)c4oc2c2nc(-c4c(C)cccc4C)n-3c12. The van der Waals surface area contributed by atoms with Crippen LogP contribution in [0.1, 0.15) is 74.9 Å². The zero-order valence-electron chi connectivity index (χ0n) is 39.4. The third-order valence-corrected chi connectivity index (χ3v) is 14.9. The first-order valence-electron chi connectivity index (χ1n) is 23.5. The van der Waals surface area contributed by atoms with E-state index in [1.54, 1.807) is 0 Å². The van der Waals surface area contributed by atoms with E-state index in [2.05, 4.69) is 206 Å². The molecule has 6 heteroatoms. The van der Waals surface area contributed by atoms with Crippen molar-refractivity contribution in [1.29, 1.82) is 0 Å². The standard InChI is InChI=1S/C60H51BN4O/c1-32-17-13-18-33(2)48(32)40-27-28-44-53-51(40)62-57(39-24-15-22-36-21-11-12-23-38(36)39)64(53)46-25-16-26-47-50(46)61(44)45-31-42-41-29-37(59(5,6)7)30-43(60(8,9)10)55(41)66-56(42)52-54(45)65(47)58(63-52)49-34(3)19-14-20-35(49)4/h11-31H,1-10H3. The summed E-state index contributed by atoms with van der Waals surface area (Å²) in [6, 6.07) is 47.4. The number of furan rings is 1. The molecule has 3 aromatic heterocycles. The fourth-order valence-corrected chi connectivity index (χ4v) is 11.8. The Kier molecular flexibility index (Phi) is 7.86. The topological polar surface area (TPSA) is 48.8 Å². The van der Waals surface area contributed by atoms with Gasteiger partial charge in [0.2, 0.25) is 0 Å². The predicted molar refractivity (Wildman–Crippen MR) is 278 cm³/mol. The van der Waals surface area contributed by atoms with E-state index in [1.807, 2.05) is 0 Å². The minimum atomic E-state index is -0.149. The second-order valence-corrected chi connectivity index (χ2v) is 21.2. The van der Waals surface area contributed by atoms with Gasteiger partial charge in [-0.2, -0.15) is 0 Å². The highest BCUT2D eigenvalue weighted by Crippen LogP contribution is 2.46. The van der Waals surface area contributed by atoms with Gasteiger partial charge in [-0.15, -0.1) is 0 Å². The summed E-state index contributed by atoms with van der Waals surface area (Å²) >= 11 is 0. The lowest BCUT2D eigenvalue weighted by Crippen LogP contribution is -2.59. The van der Waals surface area contributed by atoms with Crippen LogP contribution in [-0.4, -0.2) is 25.8 Å². The number of hydrogen-bond donors (Lipinski definition) is 0. The molecule has 0 bridgehead atoms. The van der Waals surface area contributed by atoms with Crippen molar-refractivity contribution in [1.82, 2.24) is 19.1 Å². The normalized spacial score (nSPS) is 13.3. The monoisotopic (exact) mass is 854 g/mol. The average Bonchev–Trinajstić information content (AvgIpc) is 3.99. The van der Waals surface area contributed by atoms with Crippen molar-refractivity contribution >= 4 is 77.9 Å². The summed E-state index contributed by atoms with van der Waals surface area (Å²) in [5.41, 5.74) is 23.9. The van der Waals surface area contributed by atoms with E-state index in [4.69, 9.17) is 14.4 Å². The van der Waals surface area contributed by atoms with Crippen molar-refractivity contribution in [3.63, 3.8) is 0 Å². The van der Waals surface area contributed by atoms with Crippen LogP contribution in [0.25, 0.3) is 100 Å². The number of aromatic nitrogens is 4. The molecular weight excluding hydrogens is 803 g/mol. The Morgan fingerprint density at radius 1 is 0.485 bits per heavy atom. The molecule has 2 aliphatic heterocycles. The summed E-state index contributed by atoms with van der Waals surface area (Å²) in [5, 5.41) is 4.65. The summed E-state index contributed by atoms with van der Waals surface area (Å²) in [7, 11) is 0. The third-order valence-electron chi connectivity index (χ3n) is 14.9. The molecular formula is C60H51BN4O. The Morgan fingerprint density at radius 3 is 1.77 bits per heavy atom. The molecule has 0 saturated carbocycles. The minimum Gasteiger partial charge on any atom is -0.453 e. The number of imidazole rings is 2. The van der Waals surface area contributed by atoms with Gasteiger partial charge in [0, 0.05) is 44.4 Å². The van der Waals surface area contributed by atoms with Gasteiger partial charge in [-0.25, -0.2) is 9.97 Å². The van der Waals surface area contributed by atoms with Gasteiger partial charge >= 0.3 is 0 Å². The van der Waals surface area contributed by atoms with Crippen LogP contribution in [0.15, 0.2) is 132 Å². The molecule has 66 heavy (non-hydrogen) atoms. The van der Waals surface area contributed by atoms with E-state index in [0.717, 1.165) is 83.7 Å². The Morgan fingerprint density at radius 2 is 1.08 bits per heavy atom. The highest BCUT2D eigenvalue weighted by Gasteiger charge is 2.43. The molecule has 0 spiro atoms. The lowest BCUT2D eigenvalue weighted by molar-refractivity contribution is 0.559. The average molecular weight is 855 g/mol. The van der Waals surface area contributed by atoms with Gasteiger partial charge < -0.3 is 4.42 Å². The van der Waals surface area contributed by atoms with Crippen molar-refractivity contribution in [2.45, 2.75) is 80.1 Å². The van der Waals surface area contributed by atoms with Crippen LogP contribution >= 0.6 is 0 Å². The maximum absolute atomic E-state index is 7.27. The summed E-state index contributed by atoms with van der Waals surface area (Å²) in [6.07, 6.45) is 0. The maximum Gasteiger partial charge on any atom is 0.252 e. The van der Waals surface area contributed by atoms with Crippen molar-refractivity contribution in [3.05, 3.63) is 161 Å². The first-order chi connectivity index (χ1) is 31.7. The number of fused-ring (bicyclic) bond motifs is 9. The number of aryl methyl sites for hydroxylation is 4. The number of rotatable bonds is 3. The predicted octanol–water partition coefficient (Wildman–Crippen LogP) is 13.4. The Labute approximate surface area is 385 Å². The molecule has 0 saturated heterocycles. The van der Waals surface area contributed by atoms with Crippen LogP contribution in [0, 0.1) is 27.7 Å². The molecule has 0 aliphatic carbocycles. The third kappa shape index (κ3) is 5.18. The van der Waals surface area contributed by atoms with Crippen LogP contribution in [0.3, 0.4) is 0 Å². The highest BCUT2D eigenvalue weighted by atomic mass is 16.3. The van der Waals surface area contributed by atoms with Gasteiger partial charge in [0.1, 0.15) is 22.7 Å². The molecule has 0 atom stereocenters. The smallest absolute Gasteiger partial charge is 0.252 e. The van der Waals surface area contributed by atoms with Crippen molar-refractivity contribution in [2.75, 3.05) is 0 Å². The van der Waals surface area contributed by atoms with E-state index >= 15 is 0 Å². The zero-order valence-corrected chi connectivity index (χ0v) is 39.4. The molecule has 11 aromatic rings. The molecule has 0 unspecified atom stereocenters. The van der Waals surface area contributed by atoms with Gasteiger partial charge in [0.25, 0.3) is 6.71 Å². The fraction of sp³-hybridized carbons (Fsp3) is 0.200. The van der Waals surface area contributed by atoms with Crippen molar-refractivity contribution in [2.24, 2.45) is 0 Å². The second-order valence-electron chi connectivity index (χ2n) is 21.2. The molecule has 5 heterocycles. The molecule has 5 nitrogen and oxygen atoms in total. The molecule has 0 fully saturated rings. The largest absolute Gasteiger partial charge is 0.453 e. The number of benzene rings is 8. The lowest BCUT2D eigenvalue weighted by Gasteiger charge is -2.33. The summed E-state index contributed by atoms with van der Waals surface area (Å²) in [6.45, 7) is 22.6. The zero-order chi connectivity index (χ0) is 45.3. The summed E-state index contributed by atoms with van der Waals surface area (Å²) in [4.78, 5) is 11.6. The van der Waals surface area contributed by atoms with E-state index in [9.17, 15) is 0 Å². The molecule has 13 rings (SSSR count). The van der Waals surface area contributed by atoms with Gasteiger partial charge in [-0.3, -0.25) is 9.13 Å². The van der Waals surface area contributed by atoms with Crippen LogP contribution in [0.5, 0.6) is 0 Å². The Hall–Kier alpha value is -7.18. The fourth-order valence-electron chi connectivity index (χ4n) is 11.8. The van der Waals surface area contributed by atoms with Gasteiger partial charge in [-0.05, 0) is 117 Å². The Bertz CT molecular complexity index is 3910. The van der Waals surface area contributed by atoms with Crippen LogP contribution in [0.4, 0.5) is 0 Å². The van der Waals surface area contributed by atoms with E-state index < -0.39 is 0 Å². The summed E-state index contributed by atoms with van der Waals surface area (Å²) in [5.74, 6) is 1.89. The first-order valence-corrected chi connectivity index (χ1v) is 23.5. The van der Waals surface area contributed by atoms with Crippen LogP contribution < -0.4 is 16.4 Å². The van der Waals surface area contributed by atoms with E-state index in [-0.39, 0.29) is 17.5 Å². The highest BCUT2D eigenvalue weighted by molar-refractivity contribution is 7.00. The van der Waals surface area contributed by atoms with Crippen LogP contribution in [0.2, 0.25) is 0 Å². The van der Waals surface area contributed by atoms with Gasteiger partial charge in [0.05, 0.1) is 16.6 Å². The van der Waals surface area contributed by atoms with Crippen molar-refractivity contribution in [3.8, 4) is 45.3 Å². The Balaban J connectivity index is 1.23. The number of nitrogens with zero attached hydrogens (tertiary/aromatic N) is 4. The molecule has 2 aliphatic rings. The van der Waals surface area contributed by atoms with Gasteiger partial charge in [0.15, 0.2) is 5.58 Å². The number of hydrogen-bond acceptors (Lipinski definition) is 3. The first kappa shape index (κ1) is 39.2. The maximum atomic E-state index is 7.27. The van der Waals surface area contributed by atoms with E-state index in [1.165, 1.54) is 66.1 Å². The molecule has 0 radical (unpaired) electrons. The minimum absolute atomic E-state index is 0.0620. The van der Waals surface area contributed by atoms with Gasteiger partial charge in [-0.1, -0.05) is 151 Å². The molecule has 0 amide bonds. The van der Waals surface area contributed by atoms with Crippen LogP contribution in [-0.2, 0) is 10.8 Å². The summed E-state index contributed by atoms with van der Waals surface area (Å²) < 4.78 is 12.2. The lowest BCUT2D eigenvalue weighted by atomic mass is 9.34. The quantitative estimate of drug-likeness (QED) is 0.166. The molecule has 8 aromatic carbocycles.